The number of nitrogens with one attached hydrogen (secondary N) is 1. The van der Waals surface area contributed by atoms with Crippen LogP contribution in [0.4, 0.5) is 5.69 Å². The van der Waals surface area contributed by atoms with Crippen LogP contribution >= 0.6 is 7.80 Å². The monoisotopic (exact) mass is 439 g/mol. The van der Waals surface area contributed by atoms with Gasteiger partial charge < -0.3 is 14.8 Å². The van der Waals surface area contributed by atoms with E-state index in [1.807, 2.05) is 0 Å². The predicted octanol–water partition coefficient (Wildman–Crippen LogP) is -0.160. The van der Waals surface area contributed by atoms with Gasteiger partial charge >= 0.3 is 94.4 Å². The van der Waals surface area contributed by atoms with E-state index < -0.39 is 27.9 Å². The number of carboxylic acids is 1. The van der Waals surface area contributed by atoms with Crippen molar-refractivity contribution in [1.82, 2.24) is 0 Å². The van der Waals surface area contributed by atoms with Crippen LogP contribution in [-0.4, -0.2) is 58.1 Å². The molecule has 1 amide bonds. The summed E-state index contributed by atoms with van der Waals surface area (Å²) in [5.41, 5.74) is 0.157. The van der Waals surface area contributed by atoms with E-state index in [-0.39, 0.29) is 28.5 Å². The second-order valence-corrected chi connectivity index (χ2v) is 9.78. The van der Waals surface area contributed by atoms with Crippen molar-refractivity contribution in [3.05, 3.63) is 36.4 Å². The standard InChI is InChI=1S/C8H10AsNO5.C5H9O4P/c1-6(11)10-8-5-3-2-4-7(8)9(12,13)15-14;6-4-10(9)3-1-2-5(7)8/h2-5,14H,1H3,(H,10,11)(H,12,13);1-2,6,10H,3-4H2,(H,7,8). The summed E-state index contributed by atoms with van der Waals surface area (Å²) in [6.07, 6.45) is 2.00. The van der Waals surface area contributed by atoms with Crippen molar-refractivity contribution in [3.63, 3.8) is 0 Å². The molecule has 10 nitrogen and oxygen atoms in total. The van der Waals surface area contributed by atoms with Crippen molar-refractivity contribution in [2.24, 2.45) is 0 Å². The van der Waals surface area contributed by atoms with Gasteiger partial charge in [-0.1, -0.05) is 6.08 Å². The first-order valence-corrected chi connectivity index (χ1v) is 11.8. The van der Waals surface area contributed by atoms with Crippen molar-refractivity contribution >= 4 is 43.9 Å². The van der Waals surface area contributed by atoms with Crippen molar-refractivity contribution in [3.8, 4) is 0 Å². The minimum atomic E-state index is -4.92. The number of aliphatic carboxylic acids is 1. The van der Waals surface area contributed by atoms with Crippen LogP contribution in [-0.2, 0) is 21.8 Å². The Hall–Kier alpha value is -1.67. The first-order valence-electron chi connectivity index (χ1n) is 6.69. The number of carbonyl (C=O) groups is 2. The largest absolute Gasteiger partial charge is 0.478 e. The average Bonchev–Trinajstić information content (AvgIpc) is 2.54. The van der Waals surface area contributed by atoms with Crippen LogP contribution in [0, 0.1) is 0 Å². The molecule has 5 N–H and O–H groups in total. The molecule has 0 saturated heterocycles. The Bertz CT molecular complexity index is 692. The maximum Gasteiger partial charge on any atom is 0.327 e. The number of carboxylic acid groups (broad SMARTS) is 1. The first kappa shape index (κ1) is 23.3. The van der Waals surface area contributed by atoms with Crippen LogP contribution in [0.3, 0.4) is 0 Å². The zero-order valence-electron chi connectivity index (χ0n) is 13.2. The summed E-state index contributed by atoms with van der Waals surface area (Å²) < 4.78 is 34.6. The molecule has 140 valence electrons. The number of hydrogen-bond acceptors (Lipinski definition) is 7. The zero-order chi connectivity index (χ0) is 19.5. The number of aliphatic hydroxyl groups is 1. The van der Waals surface area contributed by atoms with E-state index in [4.69, 9.17) is 15.5 Å². The third kappa shape index (κ3) is 10.0. The predicted molar refractivity (Wildman–Crippen MR) is 90.5 cm³/mol. The minimum absolute atomic E-state index is 0.103. The number of allylic oxidation sites excluding steroid dienone is 1. The number of anilines is 1. The maximum absolute atomic E-state index is 11.4. The molecule has 0 spiro atoms. The molecule has 25 heavy (non-hydrogen) atoms. The Labute approximate surface area is 146 Å². The average molecular weight is 439 g/mol. The fraction of sp³-hybridized carbons (Fsp3) is 0.231. The summed E-state index contributed by atoms with van der Waals surface area (Å²) in [4.78, 5) is 20.6. The van der Waals surface area contributed by atoms with Crippen LogP contribution in [0.1, 0.15) is 6.92 Å². The smallest absolute Gasteiger partial charge is 0.327 e. The molecule has 0 aliphatic heterocycles. The van der Waals surface area contributed by atoms with Crippen LogP contribution in [0.25, 0.3) is 0 Å². The number of amides is 1. The number of aliphatic hydroxyl groups excluding tert-OH is 1. The normalized spacial score (nSPS) is 14.1. The molecule has 0 aromatic heterocycles. The van der Waals surface area contributed by atoms with Gasteiger partial charge in [0.25, 0.3) is 0 Å². The minimum Gasteiger partial charge on any atom is -0.478 e. The molecule has 0 bridgehead atoms. The second-order valence-electron chi connectivity index (χ2n) is 4.44. The molecule has 0 aliphatic carbocycles. The van der Waals surface area contributed by atoms with Gasteiger partial charge in [-0.25, -0.2) is 4.79 Å². The van der Waals surface area contributed by atoms with Gasteiger partial charge in [-0.3, -0.25) is 0 Å². The quantitative estimate of drug-likeness (QED) is 0.127. The van der Waals surface area contributed by atoms with Crippen LogP contribution in [0.15, 0.2) is 36.4 Å². The van der Waals surface area contributed by atoms with E-state index in [9.17, 15) is 22.0 Å². The Kier molecular flexibility index (Phi) is 11.0. The zero-order valence-corrected chi connectivity index (χ0v) is 16.0. The van der Waals surface area contributed by atoms with Crippen molar-refractivity contribution in [1.29, 1.82) is 0 Å². The van der Waals surface area contributed by atoms with Gasteiger partial charge in [0.1, 0.15) is 7.80 Å². The molecule has 0 aliphatic rings. The molecule has 2 atom stereocenters. The number of para-hydroxylation sites is 1. The Balaban J connectivity index is 0.000000504. The second kappa shape index (κ2) is 11.8. The molecule has 12 heteroatoms. The molecule has 0 radical (unpaired) electrons. The molecule has 0 fully saturated rings. The van der Waals surface area contributed by atoms with Crippen LogP contribution in [0.2, 0.25) is 0 Å². The third-order valence-electron chi connectivity index (χ3n) is 2.41. The molecule has 1 aromatic carbocycles. The van der Waals surface area contributed by atoms with Gasteiger partial charge in [-0.05, 0) is 0 Å². The number of carbonyl (C=O) groups excluding carboxylic acids is 1. The molecule has 1 rings (SSSR count). The summed E-state index contributed by atoms with van der Waals surface area (Å²) in [5.74, 6) is -1.44. The fourth-order valence-electron chi connectivity index (χ4n) is 1.42. The molecular formula is C13H19AsNO9P. The van der Waals surface area contributed by atoms with Crippen molar-refractivity contribution < 1.29 is 41.3 Å². The van der Waals surface area contributed by atoms with Gasteiger partial charge in [-0.2, -0.15) is 0 Å². The van der Waals surface area contributed by atoms with Crippen LogP contribution in [0.5, 0.6) is 0 Å². The molecule has 2 unspecified atom stereocenters. The van der Waals surface area contributed by atoms with E-state index in [1.165, 1.54) is 31.2 Å². The maximum atomic E-state index is 11.4. The Morgan fingerprint density at radius 2 is 1.96 bits per heavy atom. The summed E-state index contributed by atoms with van der Waals surface area (Å²) in [6.45, 7) is 1.27. The van der Waals surface area contributed by atoms with Gasteiger partial charge in [0.05, 0.1) is 6.35 Å². The van der Waals surface area contributed by atoms with Crippen molar-refractivity contribution in [2.45, 2.75) is 6.92 Å². The Morgan fingerprint density at radius 1 is 1.36 bits per heavy atom. The van der Waals surface area contributed by atoms with E-state index in [0.29, 0.717) is 0 Å². The van der Waals surface area contributed by atoms with Crippen LogP contribution < -0.4 is 9.67 Å². The Morgan fingerprint density at radius 3 is 2.44 bits per heavy atom. The number of benzene rings is 1. The fourth-order valence-corrected chi connectivity index (χ4v) is 3.60. The SMILES string of the molecule is CC(=O)Nc1ccccc1[As](=O)(O)OO.O=C(O)C=CC[PH](=O)CO. The summed E-state index contributed by atoms with van der Waals surface area (Å²) >= 11 is -4.92. The topological polar surface area (TPSA) is 170 Å². The summed E-state index contributed by atoms with van der Waals surface area (Å²) in [6, 6.07) is 5.84. The summed E-state index contributed by atoms with van der Waals surface area (Å²) in [5, 5.41) is 27.0. The van der Waals surface area contributed by atoms with Gasteiger partial charge in [-0.15, -0.1) is 0 Å². The molecule has 1 aromatic rings. The van der Waals surface area contributed by atoms with E-state index in [0.717, 1.165) is 6.08 Å². The molecule has 0 heterocycles. The van der Waals surface area contributed by atoms with Gasteiger partial charge in [0.2, 0.25) is 0 Å². The summed E-state index contributed by atoms with van der Waals surface area (Å²) in [7, 11) is -1.97. The van der Waals surface area contributed by atoms with Gasteiger partial charge in [0.15, 0.2) is 0 Å². The molecular weight excluding hydrogens is 420 g/mol. The third-order valence-corrected chi connectivity index (χ3v) is 6.02. The van der Waals surface area contributed by atoms with E-state index in [1.54, 1.807) is 6.07 Å². The van der Waals surface area contributed by atoms with E-state index >= 15 is 0 Å². The first-order chi connectivity index (χ1) is 11.6. The van der Waals surface area contributed by atoms with Gasteiger partial charge in [0, 0.05) is 12.2 Å². The number of hydrogen-bond donors (Lipinski definition) is 5. The van der Waals surface area contributed by atoms with E-state index in [2.05, 4.69) is 9.19 Å². The number of rotatable bonds is 7. The molecule has 0 saturated carbocycles. The van der Waals surface area contributed by atoms with Crippen molar-refractivity contribution in [2.75, 3.05) is 17.8 Å².